The third-order valence-electron chi connectivity index (χ3n) is 3.83. The van der Waals surface area contributed by atoms with Crippen LogP contribution in [-0.4, -0.2) is 10.9 Å². The molecule has 2 aromatic carbocycles. The van der Waals surface area contributed by atoms with Crippen molar-refractivity contribution >= 4 is 23.1 Å². The molecule has 1 amide bonds. The van der Waals surface area contributed by atoms with Gasteiger partial charge in [0.2, 0.25) is 0 Å². The first-order valence-corrected chi connectivity index (χ1v) is 8.10. The predicted molar refractivity (Wildman–Crippen MR) is 98.1 cm³/mol. The smallest absolute Gasteiger partial charge is 0.340 e. The normalized spacial score (nSPS) is 11.1. The molecule has 0 radical (unpaired) electrons. The number of hydrogen-bond acceptors (Lipinski definition) is 3. The largest absolute Gasteiger partial charge is 0.418 e. The summed E-state index contributed by atoms with van der Waals surface area (Å²) in [5.41, 5.74) is 1.13. The zero-order valence-corrected chi connectivity index (χ0v) is 14.3. The highest BCUT2D eigenvalue weighted by Crippen LogP contribution is 2.35. The van der Waals surface area contributed by atoms with Gasteiger partial charge in [0.1, 0.15) is 5.82 Å². The highest BCUT2D eigenvalue weighted by Gasteiger charge is 2.33. The van der Waals surface area contributed by atoms with Crippen LogP contribution in [0.4, 0.5) is 30.4 Å². The predicted octanol–water partition coefficient (Wildman–Crippen LogP) is 5.40. The number of rotatable bonds is 4. The Morgan fingerprint density at radius 2 is 1.67 bits per heavy atom. The number of aromatic nitrogens is 1. The summed E-state index contributed by atoms with van der Waals surface area (Å²) in [7, 11) is 0. The lowest BCUT2D eigenvalue weighted by Gasteiger charge is -2.14. The molecule has 0 atom stereocenters. The Balaban J connectivity index is 1.72. The van der Waals surface area contributed by atoms with E-state index in [9.17, 15) is 18.0 Å². The van der Waals surface area contributed by atoms with Crippen LogP contribution in [-0.2, 0) is 6.18 Å². The maximum atomic E-state index is 13.0. The first-order chi connectivity index (χ1) is 12.8. The first-order valence-electron chi connectivity index (χ1n) is 8.10. The van der Waals surface area contributed by atoms with Gasteiger partial charge in [-0.25, -0.2) is 4.98 Å². The van der Waals surface area contributed by atoms with Crippen LogP contribution in [0.25, 0.3) is 0 Å². The maximum absolute atomic E-state index is 13.0. The monoisotopic (exact) mass is 371 g/mol. The highest BCUT2D eigenvalue weighted by atomic mass is 19.4. The summed E-state index contributed by atoms with van der Waals surface area (Å²) in [6.45, 7) is 1.94. The standard InChI is InChI=1S/C20H16F3N3O/c1-13-6-9-15(10-7-13)25-19(27)14-8-11-18(24-12-14)26-17-5-3-2-4-16(17)20(21,22)23/h2-12H,1H3,(H,24,26)(H,25,27). The lowest BCUT2D eigenvalue weighted by atomic mass is 10.1. The van der Waals surface area contributed by atoms with Gasteiger partial charge in [-0.3, -0.25) is 4.79 Å². The molecule has 1 heterocycles. The number of aryl methyl sites for hydroxylation is 1. The number of anilines is 3. The van der Waals surface area contributed by atoms with Crippen LogP contribution in [0.15, 0.2) is 66.9 Å². The number of pyridine rings is 1. The fourth-order valence-corrected chi connectivity index (χ4v) is 2.42. The average molecular weight is 371 g/mol. The molecule has 138 valence electrons. The van der Waals surface area contributed by atoms with Crippen molar-refractivity contribution in [3.05, 3.63) is 83.6 Å². The van der Waals surface area contributed by atoms with Crippen LogP contribution in [0.1, 0.15) is 21.5 Å². The van der Waals surface area contributed by atoms with E-state index in [0.717, 1.165) is 11.6 Å². The van der Waals surface area contributed by atoms with Crippen LogP contribution in [0.2, 0.25) is 0 Å². The summed E-state index contributed by atoms with van der Waals surface area (Å²) in [5.74, 6) is -0.146. The van der Waals surface area contributed by atoms with Gasteiger partial charge in [0, 0.05) is 11.9 Å². The van der Waals surface area contributed by atoms with Gasteiger partial charge in [0.25, 0.3) is 5.91 Å². The zero-order valence-electron chi connectivity index (χ0n) is 14.3. The molecule has 2 N–H and O–H groups in total. The number of para-hydroxylation sites is 1. The van der Waals surface area contributed by atoms with Gasteiger partial charge in [-0.1, -0.05) is 29.8 Å². The van der Waals surface area contributed by atoms with E-state index in [-0.39, 0.29) is 17.4 Å². The lowest BCUT2D eigenvalue weighted by molar-refractivity contribution is -0.136. The van der Waals surface area contributed by atoms with E-state index in [1.165, 1.54) is 36.5 Å². The molecule has 0 unspecified atom stereocenters. The SMILES string of the molecule is Cc1ccc(NC(=O)c2ccc(Nc3ccccc3C(F)(F)F)nc2)cc1. The Labute approximate surface area is 154 Å². The number of halogens is 3. The molecule has 4 nitrogen and oxygen atoms in total. The van der Waals surface area contributed by atoms with Crippen molar-refractivity contribution in [1.29, 1.82) is 0 Å². The highest BCUT2D eigenvalue weighted by molar-refractivity contribution is 6.04. The fraction of sp³-hybridized carbons (Fsp3) is 0.100. The summed E-state index contributed by atoms with van der Waals surface area (Å²) >= 11 is 0. The molecule has 3 rings (SSSR count). The number of nitrogens with zero attached hydrogens (tertiary/aromatic N) is 1. The molecule has 0 spiro atoms. The van der Waals surface area contributed by atoms with Crippen molar-refractivity contribution in [3.8, 4) is 0 Å². The van der Waals surface area contributed by atoms with Gasteiger partial charge in [-0.05, 0) is 43.3 Å². The zero-order chi connectivity index (χ0) is 19.4. The Kier molecular flexibility index (Phi) is 5.12. The van der Waals surface area contributed by atoms with Crippen molar-refractivity contribution in [2.45, 2.75) is 13.1 Å². The van der Waals surface area contributed by atoms with Crippen molar-refractivity contribution < 1.29 is 18.0 Å². The number of amides is 1. The Bertz CT molecular complexity index is 936. The number of carbonyl (C=O) groups is 1. The molecule has 0 saturated carbocycles. The number of hydrogen-bond donors (Lipinski definition) is 2. The first kappa shape index (κ1) is 18.4. The van der Waals surface area contributed by atoms with Crippen molar-refractivity contribution in [2.24, 2.45) is 0 Å². The molecule has 0 aliphatic rings. The van der Waals surface area contributed by atoms with E-state index in [0.29, 0.717) is 11.3 Å². The molecule has 27 heavy (non-hydrogen) atoms. The van der Waals surface area contributed by atoms with Crippen LogP contribution in [0.5, 0.6) is 0 Å². The van der Waals surface area contributed by atoms with Gasteiger partial charge < -0.3 is 10.6 Å². The maximum Gasteiger partial charge on any atom is 0.418 e. The van der Waals surface area contributed by atoms with Crippen molar-refractivity contribution in [3.63, 3.8) is 0 Å². The summed E-state index contributed by atoms with van der Waals surface area (Å²) in [6.07, 6.45) is -3.17. The van der Waals surface area contributed by atoms with Crippen LogP contribution >= 0.6 is 0 Å². The fourth-order valence-electron chi connectivity index (χ4n) is 2.42. The van der Waals surface area contributed by atoms with Crippen molar-refractivity contribution in [1.82, 2.24) is 4.98 Å². The average Bonchev–Trinajstić information content (AvgIpc) is 2.64. The minimum Gasteiger partial charge on any atom is -0.340 e. The summed E-state index contributed by atoms with van der Waals surface area (Å²) < 4.78 is 39.1. The number of alkyl halides is 3. The van der Waals surface area contributed by atoms with E-state index < -0.39 is 11.7 Å². The van der Waals surface area contributed by atoms with E-state index in [4.69, 9.17) is 0 Å². The van der Waals surface area contributed by atoms with E-state index in [2.05, 4.69) is 15.6 Å². The van der Waals surface area contributed by atoms with E-state index >= 15 is 0 Å². The summed E-state index contributed by atoms with van der Waals surface area (Å²) in [5, 5.41) is 5.37. The van der Waals surface area contributed by atoms with E-state index in [1.807, 2.05) is 19.1 Å². The summed E-state index contributed by atoms with van der Waals surface area (Å²) in [4.78, 5) is 16.3. The Morgan fingerprint density at radius 1 is 0.963 bits per heavy atom. The molecule has 1 aromatic heterocycles. The molecular weight excluding hydrogens is 355 g/mol. The van der Waals surface area contributed by atoms with Crippen molar-refractivity contribution in [2.75, 3.05) is 10.6 Å². The third kappa shape index (κ3) is 4.63. The van der Waals surface area contributed by atoms with Crippen LogP contribution in [0.3, 0.4) is 0 Å². The van der Waals surface area contributed by atoms with Gasteiger partial charge in [0.15, 0.2) is 0 Å². The van der Waals surface area contributed by atoms with Gasteiger partial charge in [0.05, 0.1) is 16.8 Å². The second-order valence-corrected chi connectivity index (χ2v) is 5.92. The van der Waals surface area contributed by atoms with Gasteiger partial charge >= 0.3 is 6.18 Å². The molecule has 0 bridgehead atoms. The molecule has 7 heteroatoms. The Hall–Kier alpha value is -3.35. The minimum atomic E-state index is -4.47. The minimum absolute atomic E-state index is 0.102. The topological polar surface area (TPSA) is 54.0 Å². The molecule has 0 fully saturated rings. The van der Waals surface area contributed by atoms with Crippen LogP contribution in [0, 0.1) is 6.92 Å². The van der Waals surface area contributed by atoms with E-state index in [1.54, 1.807) is 12.1 Å². The second kappa shape index (κ2) is 7.49. The summed E-state index contributed by atoms with van der Waals surface area (Å²) in [6, 6.07) is 15.4. The quantitative estimate of drug-likeness (QED) is 0.645. The van der Waals surface area contributed by atoms with Gasteiger partial charge in [-0.2, -0.15) is 13.2 Å². The lowest BCUT2D eigenvalue weighted by Crippen LogP contribution is -2.12. The molecular formula is C20H16F3N3O. The molecule has 3 aromatic rings. The molecule has 0 aliphatic carbocycles. The second-order valence-electron chi connectivity index (χ2n) is 5.92. The number of nitrogens with one attached hydrogen (secondary N) is 2. The third-order valence-corrected chi connectivity index (χ3v) is 3.83. The van der Waals surface area contributed by atoms with Gasteiger partial charge in [-0.15, -0.1) is 0 Å². The number of benzene rings is 2. The van der Waals surface area contributed by atoms with Crippen LogP contribution < -0.4 is 10.6 Å². The Morgan fingerprint density at radius 3 is 2.30 bits per heavy atom. The molecule has 0 aliphatic heterocycles. The molecule has 0 saturated heterocycles. The number of carbonyl (C=O) groups excluding carboxylic acids is 1.